The Morgan fingerprint density at radius 3 is 2.46 bits per heavy atom. The van der Waals surface area contributed by atoms with Crippen molar-refractivity contribution < 1.29 is 13.7 Å². The molecule has 1 aliphatic heterocycles. The van der Waals surface area contributed by atoms with E-state index in [-0.39, 0.29) is 17.6 Å². The molecule has 1 aromatic heterocycles. The Morgan fingerprint density at radius 1 is 1.11 bits per heavy atom. The number of amides is 1. The first kappa shape index (κ1) is 18.6. The lowest BCUT2D eigenvalue weighted by Crippen LogP contribution is -2.38. The number of aromatic nitrogens is 2. The molecule has 0 atom stereocenters. The molecule has 28 heavy (non-hydrogen) atoms. The average Bonchev–Trinajstić information content (AvgIpc) is 3.20. The van der Waals surface area contributed by atoms with Crippen molar-refractivity contribution in [2.45, 2.75) is 25.2 Å². The first-order valence-corrected chi connectivity index (χ1v) is 9.58. The number of halogens is 2. The van der Waals surface area contributed by atoms with E-state index in [0.717, 1.165) is 18.4 Å². The predicted octanol–water partition coefficient (Wildman–Crippen LogP) is 4.48. The molecule has 4 rings (SSSR count). The summed E-state index contributed by atoms with van der Waals surface area (Å²) in [4.78, 5) is 18.9. The Labute approximate surface area is 167 Å². The molecule has 0 aliphatic carbocycles. The van der Waals surface area contributed by atoms with Gasteiger partial charge in [0.1, 0.15) is 5.82 Å². The van der Waals surface area contributed by atoms with Crippen molar-refractivity contribution >= 4 is 17.5 Å². The predicted molar refractivity (Wildman–Crippen MR) is 103 cm³/mol. The second-order valence-corrected chi connectivity index (χ2v) is 7.36. The molecule has 3 aromatic rings. The molecule has 2 aromatic carbocycles. The van der Waals surface area contributed by atoms with Crippen molar-refractivity contribution in [3.8, 4) is 11.4 Å². The van der Waals surface area contributed by atoms with Gasteiger partial charge in [0.25, 0.3) is 0 Å². The van der Waals surface area contributed by atoms with E-state index >= 15 is 0 Å². The van der Waals surface area contributed by atoms with Gasteiger partial charge in [-0.1, -0.05) is 28.9 Å². The standard InChI is InChI=1S/C21H19ClFN3O2/c22-17-5-1-14(2-6-17)13-19(27)26-11-9-16(10-12-26)21-24-20(25-28-21)15-3-7-18(23)8-4-15/h1-8,16H,9-13H2. The molecule has 0 radical (unpaired) electrons. The van der Waals surface area contributed by atoms with Gasteiger partial charge in [-0.25, -0.2) is 4.39 Å². The molecule has 2 heterocycles. The number of benzene rings is 2. The summed E-state index contributed by atoms with van der Waals surface area (Å²) in [7, 11) is 0. The fourth-order valence-corrected chi connectivity index (χ4v) is 3.51. The van der Waals surface area contributed by atoms with E-state index in [9.17, 15) is 9.18 Å². The first-order chi connectivity index (χ1) is 13.6. The van der Waals surface area contributed by atoms with Gasteiger partial charge in [0.05, 0.1) is 6.42 Å². The molecule has 1 fully saturated rings. The van der Waals surface area contributed by atoms with Crippen molar-refractivity contribution in [3.63, 3.8) is 0 Å². The number of rotatable bonds is 4. The minimum absolute atomic E-state index is 0.110. The maximum absolute atomic E-state index is 13.1. The number of piperidine rings is 1. The van der Waals surface area contributed by atoms with Crippen LogP contribution in [0.5, 0.6) is 0 Å². The number of carbonyl (C=O) groups is 1. The van der Waals surface area contributed by atoms with Gasteiger partial charge in [0.2, 0.25) is 17.6 Å². The zero-order valence-electron chi connectivity index (χ0n) is 15.1. The van der Waals surface area contributed by atoms with E-state index in [1.807, 2.05) is 17.0 Å². The molecule has 0 spiro atoms. The van der Waals surface area contributed by atoms with Gasteiger partial charge >= 0.3 is 0 Å². The Morgan fingerprint density at radius 2 is 1.79 bits per heavy atom. The molecule has 1 aliphatic rings. The third-order valence-corrected chi connectivity index (χ3v) is 5.26. The summed E-state index contributed by atoms with van der Waals surface area (Å²) in [5, 5.41) is 4.67. The number of nitrogens with zero attached hydrogens (tertiary/aromatic N) is 3. The molecule has 0 unspecified atom stereocenters. The van der Waals surface area contributed by atoms with E-state index in [1.54, 1.807) is 24.3 Å². The summed E-state index contributed by atoms with van der Waals surface area (Å²) >= 11 is 5.89. The molecular formula is C21H19ClFN3O2. The Hall–Kier alpha value is -2.73. The lowest BCUT2D eigenvalue weighted by Gasteiger charge is -2.30. The summed E-state index contributed by atoms with van der Waals surface area (Å²) in [6, 6.07) is 13.3. The molecule has 0 N–H and O–H groups in total. The van der Waals surface area contributed by atoms with Crippen molar-refractivity contribution in [2.75, 3.05) is 13.1 Å². The molecule has 0 saturated carbocycles. The topological polar surface area (TPSA) is 59.2 Å². The Bertz CT molecular complexity index is 949. The van der Waals surface area contributed by atoms with Crippen LogP contribution in [0, 0.1) is 5.82 Å². The van der Waals surface area contributed by atoms with Crippen LogP contribution in [0.15, 0.2) is 53.1 Å². The van der Waals surface area contributed by atoms with E-state index in [4.69, 9.17) is 16.1 Å². The van der Waals surface area contributed by atoms with Crippen molar-refractivity contribution in [2.24, 2.45) is 0 Å². The van der Waals surface area contributed by atoms with Crippen LogP contribution in [0.1, 0.15) is 30.2 Å². The quantitative estimate of drug-likeness (QED) is 0.649. The van der Waals surface area contributed by atoms with Crippen LogP contribution in [0.2, 0.25) is 5.02 Å². The summed E-state index contributed by atoms with van der Waals surface area (Å²) < 4.78 is 18.5. The van der Waals surface area contributed by atoms with Crippen molar-refractivity contribution in [1.82, 2.24) is 15.0 Å². The third kappa shape index (κ3) is 4.22. The van der Waals surface area contributed by atoms with Gasteiger partial charge in [0, 0.05) is 29.6 Å². The van der Waals surface area contributed by atoms with Crippen LogP contribution < -0.4 is 0 Å². The number of likely N-dealkylation sites (tertiary alicyclic amines) is 1. The van der Waals surface area contributed by atoms with Gasteiger partial charge in [-0.3, -0.25) is 4.79 Å². The zero-order valence-corrected chi connectivity index (χ0v) is 15.9. The average molecular weight is 400 g/mol. The van der Waals surface area contributed by atoms with Crippen LogP contribution in [-0.4, -0.2) is 34.0 Å². The molecule has 5 nitrogen and oxygen atoms in total. The highest BCUT2D eigenvalue weighted by Gasteiger charge is 2.27. The van der Waals surface area contributed by atoms with E-state index in [1.165, 1.54) is 12.1 Å². The molecule has 7 heteroatoms. The lowest BCUT2D eigenvalue weighted by molar-refractivity contribution is -0.131. The smallest absolute Gasteiger partial charge is 0.230 e. The highest BCUT2D eigenvalue weighted by atomic mass is 35.5. The Kier molecular flexibility index (Phi) is 5.39. The van der Waals surface area contributed by atoms with Gasteiger partial charge < -0.3 is 9.42 Å². The van der Waals surface area contributed by atoms with Crippen molar-refractivity contribution in [1.29, 1.82) is 0 Å². The SMILES string of the molecule is O=C(Cc1ccc(Cl)cc1)N1CCC(c2nc(-c3ccc(F)cc3)no2)CC1. The van der Waals surface area contributed by atoms with Crippen LogP contribution in [0.25, 0.3) is 11.4 Å². The van der Waals surface area contributed by atoms with E-state index in [0.29, 0.717) is 41.8 Å². The second kappa shape index (κ2) is 8.10. The second-order valence-electron chi connectivity index (χ2n) is 6.92. The summed E-state index contributed by atoms with van der Waals surface area (Å²) in [6.07, 6.45) is 1.92. The van der Waals surface area contributed by atoms with Crippen molar-refractivity contribution in [3.05, 3.63) is 70.8 Å². The van der Waals surface area contributed by atoms with Gasteiger partial charge in [-0.05, 0) is 54.8 Å². The molecule has 144 valence electrons. The minimum atomic E-state index is -0.303. The summed E-state index contributed by atoms with van der Waals surface area (Å²) in [6.45, 7) is 1.32. The van der Waals surface area contributed by atoms with Crippen LogP contribution in [-0.2, 0) is 11.2 Å². The number of carbonyl (C=O) groups excluding carboxylic acids is 1. The molecular weight excluding hydrogens is 381 g/mol. The van der Waals surface area contributed by atoms with Crippen LogP contribution in [0.3, 0.4) is 0 Å². The minimum Gasteiger partial charge on any atom is -0.342 e. The first-order valence-electron chi connectivity index (χ1n) is 9.20. The highest BCUT2D eigenvalue weighted by molar-refractivity contribution is 6.30. The zero-order chi connectivity index (χ0) is 19.5. The maximum Gasteiger partial charge on any atom is 0.230 e. The third-order valence-electron chi connectivity index (χ3n) is 5.01. The van der Waals surface area contributed by atoms with E-state index in [2.05, 4.69) is 10.1 Å². The van der Waals surface area contributed by atoms with Crippen LogP contribution >= 0.6 is 11.6 Å². The summed E-state index contributed by atoms with van der Waals surface area (Å²) in [5.74, 6) is 0.961. The van der Waals surface area contributed by atoms with Gasteiger partial charge in [-0.2, -0.15) is 4.98 Å². The number of hydrogen-bond acceptors (Lipinski definition) is 4. The lowest BCUT2D eigenvalue weighted by atomic mass is 9.96. The maximum atomic E-state index is 13.1. The highest BCUT2D eigenvalue weighted by Crippen LogP contribution is 2.29. The normalized spacial score (nSPS) is 15.0. The summed E-state index contributed by atoms with van der Waals surface area (Å²) in [5.41, 5.74) is 1.67. The fraction of sp³-hybridized carbons (Fsp3) is 0.286. The van der Waals surface area contributed by atoms with Gasteiger partial charge in [0.15, 0.2) is 0 Å². The van der Waals surface area contributed by atoms with E-state index < -0.39 is 0 Å². The number of hydrogen-bond donors (Lipinski definition) is 0. The largest absolute Gasteiger partial charge is 0.342 e. The Balaban J connectivity index is 1.34. The molecule has 1 saturated heterocycles. The fourth-order valence-electron chi connectivity index (χ4n) is 3.38. The molecule has 1 amide bonds. The van der Waals surface area contributed by atoms with Gasteiger partial charge in [-0.15, -0.1) is 0 Å². The monoisotopic (exact) mass is 399 g/mol. The van der Waals surface area contributed by atoms with Crippen LogP contribution in [0.4, 0.5) is 4.39 Å². The molecule has 0 bridgehead atoms.